The molecule has 0 radical (unpaired) electrons. The van der Waals surface area contributed by atoms with Crippen molar-refractivity contribution in [2.24, 2.45) is 0 Å². The number of aromatic nitrogens is 3. The third-order valence-electron chi connectivity index (χ3n) is 4.82. The molecular formula is C22H26N4O4S. The average molecular weight is 443 g/mol. The monoisotopic (exact) mass is 442 g/mol. The lowest BCUT2D eigenvalue weighted by Gasteiger charge is -2.23. The standard InChI is InChI=1S/C22H26N4O4S/c1-5-6-18(30-16(3)27)14-26(4)31(28,29)19-9-7-17(8-10-19)13-21-22-20(11-12-23-21)24-15(2)25-22/h5,7-12,18H,1,6,13-14H2,2-4H3,(H,24,25). The van der Waals surface area contributed by atoms with Crippen molar-refractivity contribution in [3.05, 3.63) is 66.3 Å². The van der Waals surface area contributed by atoms with Crippen LogP contribution in [-0.2, 0) is 26.0 Å². The Labute approximate surface area is 182 Å². The summed E-state index contributed by atoms with van der Waals surface area (Å²) in [4.78, 5) is 23.5. The molecule has 1 aromatic carbocycles. The van der Waals surface area contributed by atoms with E-state index in [9.17, 15) is 13.2 Å². The maximum absolute atomic E-state index is 12.9. The van der Waals surface area contributed by atoms with Crippen LogP contribution in [0.25, 0.3) is 11.0 Å². The van der Waals surface area contributed by atoms with Gasteiger partial charge in [0, 0.05) is 33.0 Å². The first-order valence-corrected chi connectivity index (χ1v) is 11.3. The van der Waals surface area contributed by atoms with Crippen LogP contribution in [0.5, 0.6) is 0 Å². The van der Waals surface area contributed by atoms with E-state index in [1.165, 1.54) is 18.3 Å². The molecule has 1 unspecified atom stereocenters. The number of aromatic amines is 1. The Morgan fingerprint density at radius 2 is 2.00 bits per heavy atom. The molecule has 1 N–H and O–H groups in total. The second-order valence-corrected chi connectivity index (χ2v) is 9.38. The van der Waals surface area contributed by atoms with Crippen molar-refractivity contribution in [3.63, 3.8) is 0 Å². The fraction of sp³-hybridized carbons (Fsp3) is 0.318. The van der Waals surface area contributed by atoms with Crippen molar-refractivity contribution in [2.75, 3.05) is 13.6 Å². The zero-order valence-corrected chi connectivity index (χ0v) is 18.6. The summed E-state index contributed by atoms with van der Waals surface area (Å²) in [5, 5.41) is 0. The maximum Gasteiger partial charge on any atom is 0.302 e. The van der Waals surface area contributed by atoms with Gasteiger partial charge >= 0.3 is 5.97 Å². The van der Waals surface area contributed by atoms with Gasteiger partial charge in [0.15, 0.2) is 0 Å². The van der Waals surface area contributed by atoms with E-state index in [0.717, 1.165) is 28.1 Å². The molecule has 0 aliphatic rings. The molecule has 0 saturated heterocycles. The summed E-state index contributed by atoms with van der Waals surface area (Å²) in [7, 11) is -2.27. The minimum atomic E-state index is -3.73. The molecule has 0 aliphatic carbocycles. The predicted molar refractivity (Wildman–Crippen MR) is 118 cm³/mol. The van der Waals surface area contributed by atoms with E-state index in [-0.39, 0.29) is 11.4 Å². The molecule has 2 heterocycles. The van der Waals surface area contributed by atoms with Crippen LogP contribution in [0.2, 0.25) is 0 Å². The lowest BCUT2D eigenvalue weighted by molar-refractivity contribution is -0.146. The van der Waals surface area contributed by atoms with Crippen LogP contribution in [-0.4, -0.2) is 53.3 Å². The molecule has 164 valence electrons. The molecule has 0 spiro atoms. The van der Waals surface area contributed by atoms with Gasteiger partial charge in [-0.05, 0) is 30.7 Å². The molecule has 0 bridgehead atoms. The number of nitrogens with one attached hydrogen (secondary N) is 1. The van der Waals surface area contributed by atoms with Crippen LogP contribution < -0.4 is 0 Å². The number of H-pyrrole nitrogens is 1. The number of sulfonamides is 1. The van der Waals surface area contributed by atoms with E-state index in [1.807, 2.05) is 13.0 Å². The highest BCUT2D eigenvalue weighted by molar-refractivity contribution is 7.89. The number of likely N-dealkylation sites (N-methyl/N-ethyl adjacent to an activating group) is 1. The Morgan fingerprint density at radius 3 is 2.65 bits per heavy atom. The van der Waals surface area contributed by atoms with Crippen LogP contribution in [0, 0.1) is 6.92 Å². The van der Waals surface area contributed by atoms with Gasteiger partial charge in [0.05, 0.1) is 22.7 Å². The molecule has 3 rings (SSSR count). The van der Waals surface area contributed by atoms with E-state index in [1.54, 1.807) is 36.5 Å². The molecule has 3 aromatic rings. The van der Waals surface area contributed by atoms with E-state index in [4.69, 9.17) is 4.74 Å². The van der Waals surface area contributed by atoms with Crippen LogP contribution in [0.4, 0.5) is 0 Å². The number of esters is 1. The van der Waals surface area contributed by atoms with Gasteiger partial charge in [0.2, 0.25) is 10.0 Å². The number of imidazole rings is 1. The second kappa shape index (κ2) is 9.40. The van der Waals surface area contributed by atoms with Crippen LogP contribution in [0.3, 0.4) is 0 Å². The SMILES string of the molecule is C=CCC(CN(C)S(=O)(=O)c1ccc(Cc2nccc3[nH]c(C)nc23)cc1)OC(C)=O. The van der Waals surface area contributed by atoms with E-state index in [2.05, 4.69) is 21.5 Å². The third kappa shape index (κ3) is 5.36. The largest absolute Gasteiger partial charge is 0.461 e. The highest BCUT2D eigenvalue weighted by Gasteiger charge is 2.24. The van der Waals surface area contributed by atoms with Crippen LogP contribution in [0.1, 0.15) is 30.4 Å². The minimum Gasteiger partial charge on any atom is -0.461 e. The molecular weight excluding hydrogens is 416 g/mol. The summed E-state index contributed by atoms with van der Waals surface area (Å²) in [6.45, 7) is 6.86. The highest BCUT2D eigenvalue weighted by Crippen LogP contribution is 2.20. The number of ether oxygens (including phenoxy) is 1. The average Bonchev–Trinajstić information content (AvgIpc) is 3.09. The lowest BCUT2D eigenvalue weighted by atomic mass is 10.1. The smallest absolute Gasteiger partial charge is 0.302 e. The summed E-state index contributed by atoms with van der Waals surface area (Å²) in [6.07, 6.45) is 3.64. The van der Waals surface area contributed by atoms with Crippen molar-refractivity contribution < 1.29 is 17.9 Å². The number of aryl methyl sites for hydroxylation is 1. The molecule has 8 nitrogen and oxygen atoms in total. The fourth-order valence-electron chi connectivity index (χ4n) is 3.36. The van der Waals surface area contributed by atoms with Crippen molar-refractivity contribution >= 4 is 27.0 Å². The normalized spacial score (nSPS) is 12.8. The summed E-state index contributed by atoms with van der Waals surface area (Å²) >= 11 is 0. The van der Waals surface area contributed by atoms with Crippen molar-refractivity contribution in [3.8, 4) is 0 Å². The molecule has 0 amide bonds. The molecule has 1 atom stereocenters. The summed E-state index contributed by atoms with van der Waals surface area (Å²) in [6, 6.07) is 8.57. The summed E-state index contributed by atoms with van der Waals surface area (Å²) < 4.78 is 32.2. The molecule has 0 saturated carbocycles. The molecule has 9 heteroatoms. The second-order valence-electron chi connectivity index (χ2n) is 7.34. The van der Waals surface area contributed by atoms with Crippen molar-refractivity contribution in [1.29, 1.82) is 0 Å². The first-order chi connectivity index (χ1) is 14.7. The first-order valence-electron chi connectivity index (χ1n) is 9.84. The van der Waals surface area contributed by atoms with Crippen LogP contribution in [0.15, 0.2) is 54.1 Å². The quantitative estimate of drug-likeness (QED) is 0.403. The van der Waals surface area contributed by atoms with Gasteiger partial charge in [0.25, 0.3) is 0 Å². The van der Waals surface area contributed by atoms with Gasteiger partial charge in [-0.3, -0.25) is 9.78 Å². The van der Waals surface area contributed by atoms with Crippen molar-refractivity contribution in [1.82, 2.24) is 19.3 Å². The molecule has 2 aromatic heterocycles. The summed E-state index contributed by atoms with van der Waals surface area (Å²) in [5.74, 6) is 0.356. The number of fused-ring (bicyclic) bond motifs is 1. The highest BCUT2D eigenvalue weighted by atomic mass is 32.2. The Balaban J connectivity index is 1.76. The first kappa shape index (κ1) is 22.6. The number of rotatable bonds is 9. The van der Waals surface area contributed by atoms with Gasteiger partial charge in [-0.25, -0.2) is 13.4 Å². The van der Waals surface area contributed by atoms with E-state index < -0.39 is 22.1 Å². The van der Waals surface area contributed by atoms with Crippen molar-refractivity contribution in [2.45, 2.75) is 37.7 Å². The minimum absolute atomic E-state index is 0.0418. The number of hydrogen-bond acceptors (Lipinski definition) is 6. The maximum atomic E-state index is 12.9. The van der Waals surface area contributed by atoms with Gasteiger partial charge in [-0.15, -0.1) is 6.58 Å². The third-order valence-corrected chi connectivity index (χ3v) is 6.66. The summed E-state index contributed by atoms with van der Waals surface area (Å²) in [5.41, 5.74) is 3.48. The van der Waals surface area contributed by atoms with Gasteiger partial charge in [-0.2, -0.15) is 4.31 Å². The molecule has 31 heavy (non-hydrogen) atoms. The Morgan fingerprint density at radius 1 is 1.29 bits per heavy atom. The number of hydrogen-bond donors (Lipinski definition) is 1. The van der Waals surface area contributed by atoms with Gasteiger partial charge in [0.1, 0.15) is 17.4 Å². The lowest BCUT2D eigenvalue weighted by Crippen LogP contribution is -2.36. The molecule has 0 aliphatic heterocycles. The zero-order chi connectivity index (χ0) is 22.6. The Kier molecular flexibility index (Phi) is 6.87. The topological polar surface area (TPSA) is 105 Å². The number of carbonyl (C=O) groups excluding carboxylic acids is 1. The predicted octanol–water partition coefficient (Wildman–Crippen LogP) is 2.99. The zero-order valence-electron chi connectivity index (χ0n) is 17.8. The Hall–Kier alpha value is -3.04. The van der Waals surface area contributed by atoms with Gasteiger partial charge < -0.3 is 9.72 Å². The fourth-order valence-corrected chi connectivity index (χ4v) is 4.56. The number of pyridine rings is 1. The number of nitrogens with zero attached hydrogens (tertiary/aromatic N) is 3. The van der Waals surface area contributed by atoms with E-state index >= 15 is 0 Å². The van der Waals surface area contributed by atoms with Crippen LogP contribution >= 0.6 is 0 Å². The van der Waals surface area contributed by atoms with Gasteiger partial charge in [-0.1, -0.05) is 18.2 Å². The number of carbonyl (C=O) groups is 1. The van der Waals surface area contributed by atoms with E-state index in [0.29, 0.717) is 12.8 Å². The Bertz CT molecular complexity index is 1190. The number of benzene rings is 1. The molecule has 0 fully saturated rings.